The minimum absolute atomic E-state index is 0.0498. The third-order valence-electron chi connectivity index (χ3n) is 5.08. The molecule has 146 valence electrons. The average molecular weight is 381 g/mol. The maximum Gasteiger partial charge on any atom is 0.276 e. The fourth-order valence-corrected chi connectivity index (χ4v) is 3.65. The van der Waals surface area contributed by atoms with Crippen LogP contribution in [0.25, 0.3) is 11.0 Å². The van der Waals surface area contributed by atoms with Crippen LogP contribution in [0.15, 0.2) is 18.2 Å². The number of carbonyl (C=O) groups is 2. The second kappa shape index (κ2) is 6.78. The van der Waals surface area contributed by atoms with Crippen molar-refractivity contribution in [1.82, 2.24) is 19.3 Å². The number of ether oxygens (including phenoxy) is 1. The summed E-state index contributed by atoms with van der Waals surface area (Å²) in [5, 5.41) is 7.28. The van der Waals surface area contributed by atoms with Gasteiger partial charge in [-0.2, -0.15) is 5.10 Å². The zero-order chi connectivity index (χ0) is 20.0. The first-order valence-electron chi connectivity index (χ1n) is 9.48. The van der Waals surface area contributed by atoms with Gasteiger partial charge in [0.25, 0.3) is 5.91 Å². The number of hydrogen-bond donors (Lipinski definition) is 1. The molecule has 0 fully saturated rings. The Balaban J connectivity index is 1.82. The van der Waals surface area contributed by atoms with Gasteiger partial charge < -0.3 is 9.30 Å². The predicted octanol–water partition coefficient (Wildman–Crippen LogP) is 3.36. The van der Waals surface area contributed by atoms with E-state index in [4.69, 9.17) is 4.74 Å². The molecule has 8 nitrogen and oxygen atoms in total. The van der Waals surface area contributed by atoms with Crippen molar-refractivity contribution in [2.24, 2.45) is 0 Å². The maximum absolute atomic E-state index is 12.9. The summed E-state index contributed by atoms with van der Waals surface area (Å²) < 4.78 is 9.57. The largest absolute Gasteiger partial charge is 0.489 e. The lowest BCUT2D eigenvalue weighted by Gasteiger charge is -2.26. The summed E-state index contributed by atoms with van der Waals surface area (Å²) in [5.41, 5.74) is 3.26. The molecule has 1 aromatic carbocycles. The number of rotatable bonds is 5. The number of ketones is 1. The normalized spacial score (nSPS) is 15.5. The molecule has 0 unspecified atom stereocenters. The van der Waals surface area contributed by atoms with Crippen LogP contribution >= 0.6 is 0 Å². The first-order chi connectivity index (χ1) is 13.4. The highest BCUT2D eigenvalue weighted by molar-refractivity contribution is 6.04. The Morgan fingerprint density at radius 3 is 2.75 bits per heavy atom. The average Bonchev–Trinajstić information content (AvgIpc) is 3.23. The summed E-state index contributed by atoms with van der Waals surface area (Å²) in [7, 11) is 0. The fourth-order valence-electron chi connectivity index (χ4n) is 3.65. The number of imidazole rings is 1. The standard InChI is InChI=1S/C20H23N5O3/c1-5-14-10-28-17-9-13(12(4)26)8-15-18(17)25(14)20(21-15)22-19(27)16-7-11(3)23-24(16)6-2/h7-9,14H,5-6,10H2,1-4H3,(H,21,22,27)/t14-/m0/s1. The molecular weight excluding hydrogens is 358 g/mol. The number of benzene rings is 1. The lowest BCUT2D eigenvalue weighted by Crippen LogP contribution is -2.25. The molecule has 4 rings (SSSR count). The van der Waals surface area contributed by atoms with E-state index in [9.17, 15) is 9.59 Å². The van der Waals surface area contributed by atoms with Crippen molar-refractivity contribution >= 4 is 28.7 Å². The third kappa shape index (κ3) is 2.85. The van der Waals surface area contributed by atoms with Crippen LogP contribution in [0.5, 0.6) is 5.75 Å². The molecule has 1 atom stereocenters. The number of aromatic nitrogens is 4. The molecule has 3 heterocycles. The Bertz CT molecular complexity index is 1100. The number of aryl methyl sites for hydroxylation is 2. The molecule has 8 heteroatoms. The Hall–Kier alpha value is -3.16. The van der Waals surface area contributed by atoms with Gasteiger partial charge in [0.15, 0.2) is 5.78 Å². The molecule has 0 saturated heterocycles. The van der Waals surface area contributed by atoms with E-state index in [2.05, 4.69) is 22.3 Å². The number of anilines is 1. The van der Waals surface area contributed by atoms with Crippen molar-refractivity contribution in [2.75, 3.05) is 11.9 Å². The lowest BCUT2D eigenvalue weighted by molar-refractivity contribution is 0.100. The highest BCUT2D eigenvalue weighted by Gasteiger charge is 2.28. The van der Waals surface area contributed by atoms with Crippen molar-refractivity contribution < 1.29 is 14.3 Å². The van der Waals surface area contributed by atoms with Crippen LogP contribution in [-0.2, 0) is 6.54 Å². The number of hydrogen-bond acceptors (Lipinski definition) is 5. The molecule has 1 aliphatic heterocycles. The number of nitrogens with zero attached hydrogens (tertiary/aromatic N) is 4. The van der Waals surface area contributed by atoms with E-state index in [0.717, 1.165) is 17.6 Å². The summed E-state index contributed by atoms with van der Waals surface area (Å²) in [4.78, 5) is 29.4. The molecule has 0 aliphatic carbocycles. The van der Waals surface area contributed by atoms with E-state index in [-0.39, 0.29) is 17.7 Å². The SMILES string of the molecule is CC[C@H]1COc2cc(C(C)=O)cc3nc(NC(=O)c4cc(C)nn4CC)n1c23. The first-order valence-corrected chi connectivity index (χ1v) is 9.48. The van der Waals surface area contributed by atoms with Gasteiger partial charge in [-0.15, -0.1) is 0 Å². The van der Waals surface area contributed by atoms with Gasteiger partial charge in [-0.05, 0) is 45.4 Å². The zero-order valence-electron chi connectivity index (χ0n) is 16.4. The van der Waals surface area contributed by atoms with Crippen LogP contribution in [0.3, 0.4) is 0 Å². The topological polar surface area (TPSA) is 91.0 Å². The molecular formula is C20H23N5O3. The Kier molecular flexibility index (Phi) is 4.41. The minimum atomic E-state index is -0.260. The van der Waals surface area contributed by atoms with Crippen molar-refractivity contribution in [3.63, 3.8) is 0 Å². The van der Waals surface area contributed by atoms with E-state index in [1.807, 2.05) is 18.4 Å². The van der Waals surface area contributed by atoms with Gasteiger partial charge in [-0.3, -0.25) is 19.6 Å². The molecule has 28 heavy (non-hydrogen) atoms. The number of amides is 1. The van der Waals surface area contributed by atoms with Crippen LogP contribution in [0.1, 0.15) is 59.8 Å². The van der Waals surface area contributed by atoms with E-state index < -0.39 is 0 Å². The van der Waals surface area contributed by atoms with Crippen molar-refractivity contribution in [1.29, 1.82) is 0 Å². The van der Waals surface area contributed by atoms with E-state index in [1.165, 1.54) is 6.92 Å². The molecule has 1 N–H and O–H groups in total. The molecule has 1 aliphatic rings. The summed E-state index contributed by atoms with van der Waals surface area (Å²) in [5.74, 6) is 0.763. The monoisotopic (exact) mass is 381 g/mol. The molecule has 0 spiro atoms. The van der Waals surface area contributed by atoms with Gasteiger partial charge >= 0.3 is 0 Å². The van der Waals surface area contributed by atoms with Crippen LogP contribution in [0.4, 0.5) is 5.95 Å². The summed E-state index contributed by atoms with van der Waals surface area (Å²) in [6, 6.07) is 5.30. The van der Waals surface area contributed by atoms with Crippen molar-refractivity contribution in [3.8, 4) is 5.75 Å². The van der Waals surface area contributed by atoms with E-state index >= 15 is 0 Å². The van der Waals surface area contributed by atoms with Crippen molar-refractivity contribution in [3.05, 3.63) is 35.2 Å². The zero-order valence-corrected chi connectivity index (χ0v) is 16.4. The molecule has 3 aromatic rings. The lowest BCUT2D eigenvalue weighted by atomic mass is 10.1. The van der Waals surface area contributed by atoms with Gasteiger partial charge in [0.1, 0.15) is 23.6 Å². The molecule has 2 aromatic heterocycles. The number of carbonyl (C=O) groups excluding carboxylic acids is 2. The number of Topliss-reactive ketones (excluding diaryl/α,β-unsaturated/α-hetero) is 1. The van der Waals surface area contributed by atoms with E-state index in [1.54, 1.807) is 22.9 Å². The second-order valence-electron chi connectivity index (χ2n) is 7.02. The third-order valence-corrected chi connectivity index (χ3v) is 5.08. The van der Waals surface area contributed by atoms with Gasteiger partial charge in [-0.25, -0.2) is 4.98 Å². The van der Waals surface area contributed by atoms with Gasteiger partial charge in [0.05, 0.1) is 17.3 Å². The second-order valence-corrected chi connectivity index (χ2v) is 7.02. The first kappa shape index (κ1) is 18.2. The summed E-state index contributed by atoms with van der Waals surface area (Å²) in [6.45, 7) is 8.44. The van der Waals surface area contributed by atoms with Crippen LogP contribution in [0, 0.1) is 6.92 Å². The Labute approximate surface area is 162 Å². The Morgan fingerprint density at radius 2 is 2.07 bits per heavy atom. The van der Waals surface area contributed by atoms with Crippen LogP contribution in [-0.4, -0.2) is 37.6 Å². The van der Waals surface area contributed by atoms with Gasteiger partial charge in [-0.1, -0.05) is 6.92 Å². The van der Waals surface area contributed by atoms with E-state index in [0.29, 0.717) is 41.6 Å². The predicted molar refractivity (Wildman–Crippen MR) is 105 cm³/mol. The van der Waals surface area contributed by atoms with Crippen LogP contribution < -0.4 is 10.1 Å². The van der Waals surface area contributed by atoms with Crippen molar-refractivity contribution in [2.45, 2.75) is 46.7 Å². The molecule has 0 saturated carbocycles. The van der Waals surface area contributed by atoms with Gasteiger partial charge in [0.2, 0.25) is 5.95 Å². The summed E-state index contributed by atoms with van der Waals surface area (Å²) >= 11 is 0. The summed E-state index contributed by atoms with van der Waals surface area (Å²) in [6.07, 6.45) is 0.828. The molecule has 0 bridgehead atoms. The van der Waals surface area contributed by atoms with Gasteiger partial charge in [0, 0.05) is 12.1 Å². The highest BCUT2D eigenvalue weighted by atomic mass is 16.5. The molecule has 0 radical (unpaired) electrons. The molecule has 1 amide bonds. The number of nitrogens with one attached hydrogen (secondary N) is 1. The highest BCUT2D eigenvalue weighted by Crippen LogP contribution is 2.38. The quantitative estimate of drug-likeness (QED) is 0.684. The minimum Gasteiger partial charge on any atom is -0.489 e. The smallest absolute Gasteiger partial charge is 0.276 e. The fraction of sp³-hybridized carbons (Fsp3) is 0.400. The Morgan fingerprint density at radius 1 is 1.29 bits per heavy atom. The maximum atomic E-state index is 12.9. The van der Waals surface area contributed by atoms with Crippen LogP contribution in [0.2, 0.25) is 0 Å².